The third-order valence-corrected chi connectivity index (χ3v) is 30.3. The topological polar surface area (TPSA) is 301 Å². The monoisotopic (exact) mass is 2070 g/mol. The van der Waals surface area contributed by atoms with E-state index < -0.39 is 58.6 Å². The van der Waals surface area contributed by atoms with E-state index in [1.807, 2.05) is 134 Å². The van der Waals surface area contributed by atoms with Gasteiger partial charge in [0.15, 0.2) is 0 Å². The molecule has 2 saturated heterocycles. The molecule has 0 atom stereocenters. The number of likely N-dealkylation sites (tertiary alicyclic amines) is 1. The van der Waals surface area contributed by atoms with Gasteiger partial charge in [0.1, 0.15) is 36.0 Å². The second-order valence-electron chi connectivity index (χ2n) is 33.3. The number of nitrogens with two attached hydrogens (primary N) is 4. The second kappa shape index (κ2) is 59.6. The van der Waals surface area contributed by atoms with Crippen LogP contribution in [0.4, 0.5) is 31.1 Å². The van der Waals surface area contributed by atoms with E-state index >= 15 is 0 Å². The number of carbonyl (C=O) groups excluding carboxylic acids is 5. The van der Waals surface area contributed by atoms with Gasteiger partial charge < -0.3 is 37.9 Å². The number of aryl methyl sites for hydroxylation is 2. The van der Waals surface area contributed by atoms with Crippen molar-refractivity contribution in [1.29, 1.82) is 0 Å². The first-order valence-electron chi connectivity index (χ1n) is 43.7. The Labute approximate surface area is 949 Å². The molecular weight excluding hydrogens is 1960 g/mol. The molecule has 4 aromatic heterocycles. The molecule has 5 amide bonds. The van der Waals surface area contributed by atoms with Crippen molar-refractivity contribution in [3.63, 3.8) is 0 Å². The SMILES string of the molecule is C.C.C.C#Cc1cccc(C2(C(N)=O)CC2)c1.CC(C)(C)OC(=O)N1CCC(n2cc(Cc3ncc(C(F)(F)F)c(Cl)n3)cn2)CC1.CC(C)[Si](C#Cc1cccc(C2(C(N)=O)CC2)c1)(C(C)C)C(C)C.NC(=O)C1(c2cccc(Br)c2)CC1.NC(=O)C1(c2cccc(CCc3nc(Cc4cnn(C5CCNCC5)c4)ncc3C(F)(F)F)c2)CC1.[K][K].[K][K].[K][K].[K][K]. The molecule has 14 rings (SSSR count). The third kappa shape index (κ3) is 36.6. The van der Waals surface area contributed by atoms with E-state index in [1.54, 1.807) is 17.3 Å². The summed E-state index contributed by atoms with van der Waals surface area (Å²) in [7, 11) is -1.73. The average molecular weight is 2070 g/mol. The number of benzene rings is 4. The van der Waals surface area contributed by atoms with Gasteiger partial charge in [0, 0.05) is 66.3 Å². The fraction of sp³-hybridized carbons (Fsp3) is 0.484. The van der Waals surface area contributed by atoms with Gasteiger partial charge in [0.25, 0.3) is 0 Å². The fourth-order valence-corrected chi connectivity index (χ4v) is 21.6. The quantitative estimate of drug-likeness (QED) is 0.0205. The minimum absolute atomic E-state index is 0. The van der Waals surface area contributed by atoms with Gasteiger partial charge in [-0.2, -0.15) is 36.5 Å². The molecule has 37 heteroatoms. The molecule has 20 nitrogen and oxygen atoms in total. The van der Waals surface area contributed by atoms with Crippen LogP contribution in [-0.4, -0.2) is 367 Å². The van der Waals surface area contributed by atoms with Crippen LogP contribution in [0.1, 0.15) is 252 Å². The number of halogens is 8. The van der Waals surface area contributed by atoms with E-state index in [-0.39, 0.29) is 87.8 Å². The van der Waals surface area contributed by atoms with Crippen molar-refractivity contribution in [2.45, 2.75) is 256 Å². The van der Waals surface area contributed by atoms with Crippen LogP contribution in [0.3, 0.4) is 0 Å². The Bertz CT molecular complexity index is 5010. The molecule has 6 fully saturated rings. The van der Waals surface area contributed by atoms with E-state index in [9.17, 15) is 50.3 Å². The number of primary amides is 4. The summed E-state index contributed by atoms with van der Waals surface area (Å²) in [5, 5.41) is 11.5. The molecule has 0 spiro atoms. The number of aromatic nitrogens is 8. The molecule has 0 radical (unpaired) electrons. The zero-order valence-corrected chi connectivity index (χ0v) is 104. The van der Waals surface area contributed by atoms with E-state index in [0.717, 1.165) is 138 Å². The summed E-state index contributed by atoms with van der Waals surface area (Å²) >= 11 is 19.0. The molecular formula is C91H116BrClF6K8N14O6Si. The second-order valence-corrected chi connectivity index (χ2v) is 40.1. The maximum atomic E-state index is 13.7. The van der Waals surface area contributed by atoms with Gasteiger partial charge in [-0.15, -0.1) is 12.0 Å². The van der Waals surface area contributed by atoms with Gasteiger partial charge in [-0.05, 0) is 216 Å². The molecule has 6 aliphatic rings. The summed E-state index contributed by atoms with van der Waals surface area (Å²) in [4.78, 5) is 75.8. The van der Waals surface area contributed by atoms with Crippen LogP contribution in [-0.2, 0) is 83.6 Å². The first-order chi connectivity index (χ1) is 59.2. The van der Waals surface area contributed by atoms with Crippen molar-refractivity contribution in [2.24, 2.45) is 22.9 Å². The molecule has 9 N–H and O–H groups in total. The number of carbonyl (C=O) groups is 5. The van der Waals surface area contributed by atoms with Crippen molar-refractivity contribution < 1.29 is 55.1 Å². The third-order valence-electron chi connectivity index (χ3n) is 23.2. The van der Waals surface area contributed by atoms with Crippen LogP contribution in [0, 0.1) is 23.8 Å². The molecule has 6 heterocycles. The van der Waals surface area contributed by atoms with Gasteiger partial charge in [0.05, 0.1) is 57.4 Å². The molecule has 4 aromatic carbocycles. The first kappa shape index (κ1) is 126. The zero-order valence-electron chi connectivity index (χ0n) is 75.6. The Hall–Kier alpha value is 3.35. The van der Waals surface area contributed by atoms with Crippen molar-refractivity contribution in [3.05, 3.63) is 222 Å². The molecule has 2 aliphatic heterocycles. The number of rotatable bonds is 20. The van der Waals surface area contributed by atoms with Gasteiger partial charge in [0.2, 0.25) is 23.6 Å². The van der Waals surface area contributed by atoms with E-state index in [2.05, 4.69) is 116 Å². The standard InChI is InChI=1S/C26H29F3N6O.C21H31NOSi.C19H23ClF3N5O2.C12H11NO.C10H10BrNO.3CH4.8K/c27-26(28,29)21-15-32-23(13-18-14-33-35(16-18)20-6-10-31-11-7-20)34-22(21)5-4-17-2-1-3-19(12-17)25(8-9-25)24(30)36;1-15(2)24(16(3)4,17(5)6)13-10-18-8-7-9-19(14-18)21(11-12-21)20(22)23;1-18(2,3)30-17(29)27-6-4-13(5-7-27)28-11-12(9-25-28)8-15-24-10-14(16(20)26-15)19(21,22)23;1-2-9-4-3-5-10(8-9)12(6-7-12)11(13)14;11-8-3-1-2-7(6-8)10(4-5-10)9(12)13;;;;;;;;;;;/h1-3,12,14-16,20,31H,4-11,13H2,(H2,30,36);7-9,14-17H,11-12H2,1-6H3,(H2,22,23);9-11,13H,4-8H2,1-3H3;1,3-5,8H,6-7H2,(H2,13,14);1-3,6H,4-5H2,(H2,12,13);3*1H4;;;;;;;;. The normalized spacial score (nSPS) is 15.8. The molecule has 128 heavy (non-hydrogen) atoms. The van der Waals surface area contributed by atoms with Gasteiger partial charge >= 0.3 is 271 Å². The van der Waals surface area contributed by atoms with E-state index in [0.29, 0.717) is 73.5 Å². The Morgan fingerprint density at radius 2 is 0.930 bits per heavy atom. The molecule has 654 valence electrons. The molecule has 0 unspecified atom stereocenters. The van der Waals surface area contributed by atoms with Gasteiger partial charge in [-0.3, -0.25) is 28.5 Å². The average Bonchev–Trinajstić information content (AvgIpc) is 1.62. The van der Waals surface area contributed by atoms with Crippen molar-refractivity contribution in [3.8, 4) is 23.8 Å². The number of amides is 5. The minimum atomic E-state index is -4.59. The maximum absolute atomic E-state index is 13.7. The predicted octanol–water partition coefficient (Wildman–Crippen LogP) is 14.8. The molecule has 8 aromatic rings. The number of terminal acetylenes is 1. The number of hydrogen-bond acceptors (Lipinski definition) is 13. The number of ether oxygens (including phenoxy) is 1. The summed E-state index contributed by atoms with van der Waals surface area (Å²) in [5.74, 6) is 5.53. The number of nitrogens with zero attached hydrogens (tertiary/aromatic N) is 9. The Morgan fingerprint density at radius 3 is 1.32 bits per heavy atom. The van der Waals surface area contributed by atoms with E-state index in [4.69, 9.17) is 45.7 Å². The number of nitrogens with one attached hydrogen (secondary N) is 1. The molecule has 4 aliphatic carbocycles. The van der Waals surface area contributed by atoms with Crippen LogP contribution in [0.15, 0.2) is 139 Å². The molecule has 4 saturated carbocycles. The zero-order chi connectivity index (χ0) is 93.2. The van der Waals surface area contributed by atoms with Crippen LogP contribution in [0.2, 0.25) is 21.8 Å². The Morgan fingerprint density at radius 1 is 0.547 bits per heavy atom. The number of hydrogen-bond donors (Lipinski definition) is 5. The van der Waals surface area contributed by atoms with Crippen LogP contribution < -0.4 is 28.3 Å². The van der Waals surface area contributed by atoms with Crippen molar-refractivity contribution in [2.75, 3.05) is 26.2 Å². The summed E-state index contributed by atoms with van der Waals surface area (Å²) in [5.41, 5.74) is 31.4. The van der Waals surface area contributed by atoms with Crippen LogP contribution >= 0.6 is 27.5 Å². The predicted molar refractivity (Wildman–Crippen MR) is 510 cm³/mol. The first-order valence-corrected chi connectivity index (χ1v) is 111. The Kier molecular flexibility index (Phi) is 58.4. The molecule has 0 bridgehead atoms. The number of alkyl halides is 6. The summed E-state index contributed by atoms with van der Waals surface area (Å²) in [6.07, 6.45) is 15.6. The van der Waals surface area contributed by atoms with E-state index in [1.165, 1.54) is 253 Å². The number of piperidine rings is 2. The summed E-state index contributed by atoms with van der Waals surface area (Å²) in [6.45, 7) is 22.4. The van der Waals surface area contributed by atoms with Gasteiger partial charge in [-0.1, -0.05) is 164 Å². The van der Waals surface area contributed by atoms with Gasteiger partial charge in [-0.25, -0.2) is 24.7 Å². The van der Waals surface area contributed by atoms with Crippen molar-refractivity contribution in [1.82, 2.24) is 49.7 Å². The fourth-order valence-electron chi connectivity index (χ4n) is 15.8. The van der Waals surface area contributed by atoms with Crippen LogP contribution in [0.25, 0.3) is 0 Å². The Balaban J connectivity index is 0.000000418. The summed E-state index contributed by atoms with van der Waals surface area (Å²) in [6, 6.07) is 31.3. The summed E-state index contributed by atoms with van der Waals surface area (Å²) < 4.78 is 89.6. The van der Waals surface area contributed by atoms with Crippen LogP contribution in [0.5, 0.6) is 0 Å². The van der Waals surface area contributed by atoms with Crippen molar-refractivity contribution >= 4 is 318 Å².